The minimum atomic E-state index is -1.89. The van der Waals surface area contributed by atoms with Crippen molar-refractivity contribution in [3.05, 3.63) is 34.5 Å². The van der Waals surface area contributed by atoms with Crippen LogP contribution in [0, 0.1) is 0 Å². The van der Waals surface area contributed by atoms with Crippen LogP contribution in [0.4, 0.5) is 0 Å². The number of methoxy groups -OCH3 is 2. The Hall–Kier alpha value is -4.40. The topological polar surface area (TPSA) is 274 Å². The zero-order valence-electron chi connectivity index (χ0n) is 26.5. The smallest absolute Gasteiger partial charge is 0.302 e. The highest BCUT2D eigenvalue weighted by molar-refractivity contribution is 5.93. The average molecular weight is 697 g/mol. The second-order valence-electron chi connectivity index (χ2n) is 11.4. The highest BCUT2D eigenvalue weighted by atomic mass is 16.8. The van der Waals surface area contributed by atoms with E-state index < -0.39 is 113 Å². The van der Waals surface area contributed by atoms with Crippen molar-refractivity contribution in [1.29, 1.82) is 0 Å². The van der Waals surface area contributed by atoms with Gasteiger partial charge in [-0.3, -0.25) is 9.59 Å². The number of benzene rings is 2. The first kappa shape index (κ1) is 35.9. The summed E-state index contributed by atoms with van der Waals surface area (Å²) >= 11 is 0. The van der Waals surface area contributed by atoms with Crippen LogP contribution in [0.2, 0.25) is 0 Å². The van der Waals surface area contributed by atoms with Gasteiger partial charge in [0.25, 0.3) is 0 Å². The fraction of sp³-hybridized carbons (Fsp3) is 0.484. The van der Waals surface area contributed by atoms with Gasteiger partial charge in [0.15, 0.2) is 41.0 Å². The molecule has 2 fully saturated rings. The number of phenols is 2. The lowest BCUT2D eigenvalue weighted by atomic mass is 9.97. The molecule has 2 saturated heterocycles. The predicted molar refractivity (Wildman–Crippen MR) is 161 cm³/mol. The Balaban J connectivity index is 1.59. The van der Waals surface area contributed by atoms with Gasteiger partial charge < -0.3 is 78.4 Å². The van der Waals surface area contributed by atoms with Crippen LogP contribution in [0.1, 0.15) is 13.8 Å². The molecular weight excluding hydrogens is 660 g/mol. The van der Waals surface area contributed by atoms with Gasteiger partial charge in [-0.1, -0.05) is 0 Å². The Bertz CT molecular complexity index is 1740. The van der Waals surface area contributed by atoms with E-state index in [1.807, 2.05) is 0 Å². The van der Waals surface area contributed by atoms with E-state index in [4.69, 9.17) is 37.6 Å². The zero-order chi connectivity index (χ0) is 35.9. The van der Waals surface area contributed by atoms with E-state index in [2.05, 4.69) is 0 Å². The molecule has 49 heavy (non-hydrogen) atoms. The molecule has 3 heterocycles. The molecule has 3 aromatic rings. The van der Waals surface area contributed by atoms with Crippen LogP contribution in [-0.2, 0) is 23.7 Å². The summed E-state index contributed by atoms with van der Waals surface area (Å²) in [4.78, 5) is 24.8. The third-order valence-electron chi connectivity index (χ3n) is 8.13. The number of hydrogen-bond donors (Lipinski definition) is 8. The van der Waals surface area contributed by atoms with Gasteiger partial charge in [0.2, 0.25) is 23.2 Å². The van der Waals surface area contributed by atoms with Crippen molar-refractivity contribution in [2.45, 2.75) is 75.3 Å². The van der Waals surface area contributed by atoms with Crippen LogP contribution in [0.3, 0.4) is 0 Å². The summed E-state index contributed by atoms with van der Waals surface area (Å²) in [7, 11) is 2.44. The lowest BCUT2D eigenvalue weighted by molar-refractivity contribution is -0.354. The van der Waals surface area contributed by atoms with E-state index in [0.29, 0.717) is 0 Å². The number of rotatable bonds is 9. The molecule has 5 rings (SSSR count). The number of phenolic OH excluding ortho intramolecular Hbond substituents is 2. The number of ether oxygens (including phenoxy) is 7. The van der Waals surface area contributed by atoms with Gasteiger partial charge in [0, 0.05) is 18.6 Å². The molecule has 8 N–H and O–H groups in total. The molecule has 0 radical (unpaired) electrons. The van der Waals surface area contributed by atoms with Gasteiger partial charge in [0.1, 0.15) is 54.4 Å². The minimum Gasteiger partial charge on any atom is -0.507 e. The number of aliphatic hydroxyl groups excluding tert-OH is 5. The van der Waals surface area contributed by atoms with E-state index in [1.165, 1.54) is 32.2 Å². The molecule has 2 aliphatic rings. The monoisotopic (exact) mass is 696 g/mol. The maximum Gasteiger partial charge on any atom is 0.302 e. The van der Waals surface area contributed by atoms with Crippen molar-refractivity contribution in [2.75, 3.05) is 20.8 Å². The fourth-order valence-corrected chi connectivity index (χ4v) is 5.48. The number of fused-ring (bicyclic) bond motifs is 1. The average Bonchev–Trinajstić information content (AvgIpc) is 3.06. The summed E-state index contributed by atoms with van der Waals surface area (Å²) in [5, 5.41) is 84.1. The lowest BCUT2D eigenvalue weighted by Gasteiger charge is -2.45. The van der Waals surface area contributed by atoms with Crippen molar-refractivity contribution in [3.8, 4) is 45.8 Å². The minimum absolute atomic E-state index is 0.0143. The number of aliphatic hydroxyl groups is 5. The molecule has 2 aromatic carbocycles. The van der Waals surface area contributed by atoms with E-state index in [-0.39, 0.29) is 22.8 Å². The quantitative estimate of drug-likeness (QED) is 0.127. The largest absolute Gasteiger partial charge is 0.507 e. The highest BCUT2D eigenvalue weighted by Crippen LogP contribution is 2.45. The highest BCUT2D eigenvalue weighted by Gasteiger charge is 2.51. The predicted octanol–water partition coefficient (Wildman–Crippen LogP) is -0.805. The van der Waals surface area contributed by atoms with Gasteiger partial charge in [-0.15, -0.1) is 0 Å². The Morgan fingerprint density at radius 1 is 0.837 bits per heavy atom. The number of carbonyl (C=O) groups excluding carboxylic acids is 1. The van der Waals surface area contributed by atoms with E-state index in [9.17, 15) is 50.4 Å². The Morgan fingerprint density at radius 2 is 1.55 bits per heavy atom. The molecule has 18 nitrogen and oxygen atoms in total. The lowest BCUT2D eigenvalue weighted by Crippen LogP contribution is -2.64. The molecule has 0 bridgehead atoms. The first-order valence-corrected chi connectivity index (χ1v) is 14.8. The molecule has 0 aliphatic carbocycles. The van der Waals surface area contributed by atoms with Crippen LogP contribution < -0.4 is 19.6 Å². The molecule has 0 amide bonds. The maximum atomic E-state index is 13.3. The standard InChI is InChI=1S/C31H36O18/c1-10-19(35)22(38)25(41)30(45-10)49-29-23(39)20(36)17(9-44-11(2)32)47-31(29)46-16-8-14(34)18-21(37)24(40)26(48-28(18)27(16)43-4)12-5-6-13(33)15(7-12)42-3/h5-8,10,17,19-20,22-23,25,29-31,33-36,38-41H,9H2,1-4H3/t10-,17+,19+,20-,22+,23-,25+,29-,30+,31+/m1/s1. The third kappa shape index (κ3) is 6.77. The van der Waals surface area contributed by atoms with Crippen molar-refractivity contribution in [3.63, 3.8) is 0 Å². The van der Waals surface area contributed by atoms with Crippen molar-refractivity contribution >= 4 is 16.9 Å². The van der Waals surface area contributed by atoms with Crippen LogP contribution >= 0.6 is 0 Å². The number of esters is 1. The van der Waals surface area contributed by atoms with Crippen LogP contribution in [0.15, 0.2) is 33.5 Å². The summed E-state index contributed by atoms with van der Waals surface area (Å²) in [6.07, 6.45) is -16.4. The first-order chi connectivity index (χ1) is 23.2. The van der Waals surface area contributed by atoms with E-state index >= 15 is 0 Å². The summed E-state index contributed by atoms with van der Waals surface area (Å²) in [6.45, 7) is 1.93. The van der Waals surface area contributed by atoms with E-state index in [1.54, 1.807) is 0 Å². The molecule has 0 unspecified atom stereocenters. The summed E-state index contributed by atoms with van der Waals surface area (Å²) in [5.74, 6) is -3.77. The molecule has 268 valence electrons. The summed E-state index contributed by atoms with van der Waals surface area (Å²) in [6, 6.07) is 4.73. The second kappa shape index (κ2) is 14.2. The van der Waals surface area contributed by atoms with Gasteiger partial charge >= 0.3 is 5.97 Å². The molecule has 1 aromatic heterocycles. The van der Waals surface area contributed by atoms with Gasteiger partial charge in [-0.05, 0) is 25.1 Å². The maximum absolute atomic E-state index is 13.3. The number of hydrogen-bond acceptors (Lipinski definition) is 18. The van der Waals surface area contributed by atoms with Crippen LogP contribution in [0.5, 0.6) is 34.5 Å². The van der Waals surface area contributed by atoms with Crippen molar-refractivity contribution < 1.29 is 83.2 Å². The van der Waals surface area contributed by atoms with Gasteiger partial charge in [-0.2, -0.15) is 0 Å². The van der Waals surface area contributed by atoms with Crippen molar-refractivity contribution in [2.24, 2.45) is 0 Å². The zero-order valence-corrected chi connectivity index (χ0v) is 26.5. The van der Waals surface area contributed by atoms with Crippen LogP contribution in [0.25, 0.3) is 22.3 Å². The second-order valence-corrected chi connectivity index (χ2v) is 11.4. The third-order valence-corrected chi connectivity index (χ3v) is 8.13. The first-order valence-electron chi connectivity index (χ1n) is 14.8. The normalized spacial score (nSPS) is 30.1. The number of aromatic hydroxyl groups is 3. The van der Waals surface area contributed by atoms with Gasteiger partial charge in [-0.25, -0.2) is 0 Å². The van der Waals surface area contributed by atoms with Gasteiger partial charge in [0.05, 0.1) is 20.3 Å². The fourth-order valence-electron chi connectivity index (χ4n) is 5.48. The molecule has 0 saturated carbocycles. The molecule has 0 spiro atoms. The number of carbonyl (C=O) groups is 1. The Labute approximate surface area is 276 Å². The summed E-state index contributed by atoms with van der Waals surface area (Å²) in [5.41, 5.74) is -1.41. The molecule has 2 aliphatic heterocycles. The Morgan fingerprint density at radius 3 is 2.20 bits per heavy atom. The van der Waals surface area contributed by atoms with E-state index in [0.717, 1.165) is 20.1 Å². The molecule has 18 heteroatoms. The van der Waals surface area contributed by atoms with Crippen LogP contribution in [-0.4, -0.2) is 129 Å². The summed E-state index contributed by atoms with van der Waals surface area (Å²) < 4.78 is 44.4. The Kier molecular flexibility index (Phi) is 10.4. The van der Waals surface area contributed by atoms with Crippen molar-refractivity contribution in [1.82, 2.24) is 0 Å². The SMILES string of the molecule is COc1cc(-c2oc3c(OC)c(O[C@H]4O[C@@H](COC(C)=O)[C@@H](O)[C@@H](O)[C@H]4O[C@@H]4O[C@H](C)[C@H](O)[C@H](O)[C@@H]4O)cc(O)c3c(=O)c2O)ccc1O. The molecular formula is C31H36O18. The molecule has 10 atom stereocenters.